The lowest BCUT2D eigenvalue weighted by molar-refractivity contribution is 0.144. The fraction of sp³-hybridized carbons (Fsp3) is 0.467. The summed E-state index contributed by atoms with van der Waals surface area (Å²) in [5.41, 5.74) is 2.05. The van der Waals surface area contributed by atoms with E-state index >= 15 is 0 Å². The van der Waals surface area contributed by atoms with Crippen LogP contribution in [0.4, 0.5) is 5.69 Å². The molecular formula is C15H21N3O2S. The Morgan fingerprint density at radius 1 is 1.29 bits per heavy atom. The van der Waals surface area contributed by atoms with Gasteiger partial charge in [0, 0.05) is 18.1 Å². The molecule has 6 heteroatoms. The maximum Gasteiger partial charge on any atom is 0.213 e. The average Bonchev–Trinajstić information content (AvgIpc) is 2.80. The summed E-state index contributed by atoms with van der Waals surface area (Å²) in [6.45, 7) is 7.29. The predicted molar refractivity (Wildman–Crippen MR) is 85.2 cm³/mol. The number of nitrogens with one attached hydrogen (secondary N) is 1. The van der Waals surface area contributed by atoms with Crippen molar-refractivity contribution in [1.29, 1.82) is 0 Å². The zero-order chi connectivity index (χ0) is 15.2. The van der Waals surface area contributed by atoms with E-state index in [0.29, 0.717) is 19.1 Å². The van der Waals surface area contributed by atoms with Crippen LogP contribution in [-0.4, -0.2) is 30.3 Å². The molecule has 21 heavy (non-hydrogen) atoms. The van der Waals surface area contributed by atoms with Crippen molar-refractivity contribution < 1.29 is 9.47 Å². The Morgan fingerprint density at radius 2 is 2.10 bits per heavy atom. The molecule has 0 fully saturated rings. The number of aromatic nitrogens is 2. The molecule has 2 heterocycles. The maximum atomic E-state index is 5.44. The van der Waals surface area contributed by atoms with Crippen LogP contribution in [0.25, 0.3) is 0 Å². The fourth-order valence-corrected chi connectivity index (χ4v) is 2.96. The Balaban J connectivity index is 1.95. The van der Waals surface area contributed by atoms with E-state index in [9.17, 15) is 0 Å². The van der Waals surface area contributed by atoms with Gasteiger partial charge in [-0.1, -0.05) is 0 Å². The van der Waals surface area contributed by atoms with Crippen molar-refractivity contribution in [1.82, 2.24) is 9.97 Å². The van der Waals surface area contributed by atoms with Gasteiger partial charge in [-0.3, -0.25) is 0 Å². The van der Waals surface area contributed by atoms with Gasteiger partial charge in [0.15, 0.2) is 0 Å². The maximum absolute atomic E-state index is 5.44. The second-order valence-electron chi connectivity index (χ2n) is 4.77. The van der Waals surface area contributed by atoms with Crippen molar-refractivity contribution >= 4 is 17.0 Å². The van der Waals surface area contributed by atoms with Crippen LogP contribution in [-0.2, 0) is 4.74 Å². The molecule has 1 atom stereocenters. The molecule has 0 bridgehead atoms. The van der Waals surface area contributed by atoms with E-state index in [1.54, 1.807) is 24.6 Å². The Kier molecular flexibility index (Phi) is 5.52. The number of ether oxygens (including phenoxy) is 2. The highest BCUT2D eigenvalue weighted by Crippen LogP contribution is 2.25. The zero-order valence-corrected chi connectivity index (χ0v) is 13.7. The Hall–Kier alpha value is -1.66. The van der Waals surface area contributed by atoms with Gasteiger partial charge in [-0.25, -0.2) is 9.97 Å². The Labute approximate surface area is 129 Å². The van der Waals surface area contributed by atoms with Crippen molar-refractivity contribution in [2.45, 2.75) is 26.8 Å². The van der Waals surface area contributed by atoms with Crippen LogP contribution in [0.2, 0.25) is 0 Å². The highest BCUT2D eigenvalue weighted by Gasteiger charge is 2.13. The molecule has 114 valence electrons. The van der Waals surface area contributed by atoms with Gasteiger partial charge in [-0.05, 0) is 26.8 Å². The Bertz CT molecular complexity index is 569. The van der Waals surface area contributed by atoms with Gasteiger partial charge >= 0.3 is 0 Å². The second kappa shape index (κ2) is 7.38. The van der Waals surface area contributed by atoms with Crippen molar-refractivity contribution in [3.8, 4) is 5.88 Å². The molecule has 0 radical (unpaired) electrons. The first-order valence-corrected chi connectivity index (χ1v) is 7.70. The third kappa shape index (κ3) is 4.41. The first-order valence-electron chi connectivity index (χ1n) is 6.88. The van der Waals surface area contributed by atoms with Gasteiger partial charge in [0.25, 0.3) is 0 Å². The number of pyridine rings is 1. The van der Waals surface area contributed by atoms with E-state index in [-0.39, 0.29) is 6.04 Å². The lowest BCUT2D eigenvalue weighted by Gasteiger charge is -2.14. The van der Waals surface area contributed by atoms with Crippen molar-refractivity contribution in [2.24, 2.45) is 0 Å². The van der Waals surface area contributed by atoms with Crippen LogP contribution in [0, 0.1) is 13.8 Å². The quantitative estimate of drug-likeness (QED) is 0.795. The summed E-state index contributed by atoms with van der Waals surface area (Å²) in [4.78, 5) is 10.1. The average molecular weight is 307 g/mol. The van der Waals surface area contributed by atoms with Crippen LogP contribution in [0.5, 0.6) is 5.88 Å². The molecule has 0 aliphatic carbocycles. The minimum absolute atomic E-state index is 0.150. The molecule has 1 unspecified atom stereocenters. The number of aryl methyl sites for hydroxylation is 2. The van der Waals surface area contributed by atoms with Crippen LogP contribution in [0.3, 0.4) is 0 Å². The van der Waals surface area contributed by atoms with E-state index in [1.807, 2.05) is 19.1 Å². The normalized spacial score (nSPS) is 12.2. The van der Waals surface area contributed by atoms with Crippen molar-refractivity contribution in [3.05, 3.63) is 33.9 Å². The van der Waals surface area contributed by atoms with E-state index < -0.39 is 0 Å². The topological polar surface area (TPSA) is 56.3 Å². The number of rotatable bonds is 7. The van der Waals surface area contributed by atoms with Crippen LogP contribution in [0.1, 0.15) is 28.5 Å². The summed E-state index contributed by atoms with van der Waals surface area (Å²) in [7, 11) is 1.65. The molecule has 0 aromatic carbocycles. The monoisotopic (exact) mass is 307 g/mol. The standard InChI is InChI=1S/C15H21N3O2S/c1-10(15-11(2)21-12(3)18-15)17-13-5-6-14(16-9-13)20-8-7-19-4/h5-6,9-10,17H,7-8H2,1-4H3. The highest BCUT2D eigenvalue weighted by molar-refractivity contribution is 7.11. The largest absolute Gasteiger partial charge is 0.475 e. The van der Waals surface area contributed by atoms with E-state index in [1.165, 1.54) is 4.88 Å². The number of hydrogen-bond acceptors (Lipinski definition) is 6. The molecular weight excluding hydrogens is 286 g/mol. The third-order valence-electron chi connectivity index (χ3n) is 3.01. The number of nitrogens with zero attached hydrogens (tertiary/aromatic N) is 2. The van der Waals surface area contributed by atoms with Gasteiger partial charge in [0.1, 0.15) is 6.61 Å². The van der Waals surface area contributed by atoms with Crippen LogP contribution < -0.4 is 10.1 Å². The fourth-order valence-electron chi connectivity index (χ4n) is 2.05. The Morgan fingerprint density at radius 3 is 2.67 bits per heavy atom. The zero-order valence-electron chi connectivity index (χ0n) is 12.8. The number of anilines is 1. The van der Waals surface area contributed by atoms with E-state index in [2.05, 4.69) is 29.1 Å². The second-order valence-corrected chi connectivity index (χ2v) is 6.17. The molecule has 1 N–H and O–H groups in total. The summed E-state index contributed by atoms with van der Waals surface area (Å²) in [6, 6.07) is 3.96. The molecule has 0 aliphatic rings. The van der Waals surface area contributed by atoms with Gasteiger partial charge < -0.3 is 14.8 Å². The van der Waals surface area contributed by atoms with Gasteiger partial charge in [-0.2, -0.15) is 0 Å². The SMILES string of the molecule is COCCOc1ccc(NC(C)c2nc(C)sc2C)cn1. The van der Waals surface area contributed by atoms with Crippen molar-refractivity contribution in [3.63, 3.8) is 0 Å². The molecule has 0 amide bonds. The van der Waals surface area contributed by atoms with Crippen LogP contribution in [0.15, 0.2) is 18.3 Å². The molecule has 0 spiro atoms. The molecule has 0 aliphatic heterocycles. The molecule has 2 aromatic rings. The molecule has 2 rings (SSSR count). The van der Waals surface area contributed by atoms with Crippen LogP contribution >= 0.6 is 11.3 Å². The van der Waals surface area contributed by atoms with E-state index in [0.717, 1.165) is 16.4 Å². The molecule has 0 saturated heterocycles. The van der Waals surface area contributed by atoms with E-state index in [4.69, 9.17) is 9.47 Å². The first-order chi connectivity index (χ1) is 10.1. The summed E-state index contributed by atoms with van der Waals surface area (Å²) >= 11 is 1.72. The summed E-state index contributed by atoms with van der Waals surface area (Å²) in [6.07, 6.45) is 1.77. The minimum Gasteiger partial charge on any atom is -0.475 e. The predicted octanol–water partition coefficient (Wildman–Crippen LogP) is 3.35. The van der Waals surface area contributed by atoms with Gasteiger partial charge in [0.2, 0.25) is 5.88 Å². The summed E-state index contributed by atoms with van der Waals surface area (Å²) in [5, 5.41) is 4.50. The number of methoxy groups -OCH3 is 1. The summed E-state index contributed by atoms with van der Waals surface area (Å²) in [5.74, 6) is 0.603. The lowest BCUT2D eigenvalue weighted by atomic mass is 10.2. The smallest absolute Gasteiger partial charge is 0.213 e. The minimum atomic E-state index is 0.150. The number of hydrogen-bond donors (Lipinski definition) is 1. The molecule has 5 nitrogen and oxygen atoms in total. The first kappa shape index (κ1) is 15.7. The molecule has 0 saturated carbocycles. The third-order valence-corrected chi connectivity index (χ3v) is 3.91. The van der Waals surface area contributed by atoms with Crippen molar-refractivity contribution in [2.75, 3.05) is 25.6 Å². The van der Waals surface area contributed by atoms with Gasteiger partial charge in [-0.15, -0.1) is 11.3 Å². The molecule has 2 aromatic heterocycles. The highest BCUT2D eigenvalue weighted by atomic mass is 32.1. The van der Waals surface area contributed by atoms with Gasteiger partial charge in [0.05, 0.1) is 35.2 Å². The number of thiazole rings is 1. The lowest BCUT2D eigenvalue weighted by Crippen LogP contribution is -2.09. The summed E-state index contributed by atoms with van der Waals surface area (Å²) < 4.78 is 10.4.